The van der Waals surface area contributed by atoms with E-state index in [4.69, 9.17) is 5.21 Å². The minimum absolute atomic E-state index is 0.209. The van der Waals surface area contributed by atoms with Crippen molar-refractivity contribution in [2.45, 2.75) is 6.04 Å². The Morgan fingerprint density at radius 1 is 1.08 bits per heavy atom. The van der Waals surface area contributed by atoms with Crippen LogP contribution in [0.5, 0.6) is 0 Å². The summed E-state index contributed by atoms with van der Waals surface area (Å²) in [5.41, 5.74) is 2.16. The number of amides is 2. The van der Waals surface area contributed by atoms with Crippen LogP contribution in [0.4, 0.5) is 14.5 Å². The maximum atomic E-state index is 13.1. The van der Waals surface area contributed by atoms with Crippen molar-refractivity contribution in [1.82, 2.24) is 10.8 Å². The van der Waals surface area contributed by atoms with Crippen LogP contribution in [0.25, 0.3) is 0 Å². The average molecular weight is 414 g/mol. The average Bonchev–Trinajstić information content (AvgIpc) is 2.61. The molecule has 0 radical (unpaired) electrons. The van der Waals surface area contributed by atoms with Gasteiger partial charge in [-0.15, -0.1) is 0 Å². The van der Waals surface area contributed by atoms with Crippen molar-refractivity contribution in [2.24, 2.45) is 0 Å². The van der Waals surface area contributed by atoms with Gasteiger partial charge >= 0.3 is 0 Å². The number of carbonyl (C=O) groups excluding carboxylic acids is 2. The van der Waals surface area contributed by atoms with Crippen molar-refractivity contribution in [3.8, 4) is 0 Å². The van der Waals surface area contributed by atoms with E-state index in [2.05, 4.69) is 26.6 Å². The zero-order valence-electron chi connectivity index (χ0n) is 12.7. The predicted molar refractivity (Wildman–Crippen MR) is 89.8 cm³/mol. The van der Waals surface area contributed by atoms with Crippen LogP contribution in [0, 0.1) is 11.6 Å². The highest BCUT2D eigenvalue weighted by molar-refractivity contribution is 9.10. The van der Waals surface area contributed by atoms with Gasteiger partial charge in [-0.25, -0.2) is 14.3 Å². The van der Waals surface area contributed by atoms with E-state index in [-0.39, 0.29) is 12.2 Å². The number of rotatable bonds is 6. The predicted octanol–water partition coefficient (Wildman–Crippen LogP) is 2.50. The van der Waals surface area contributed by atoms with Crippen LogP contribution < -0.4 is 16.1 Å². The third-order valence-corrected chi connectivity index (χ3v) is 3.78. The summed E-state index contributed by atoms with van der Waals surface area (Å²) in [4.78, 5) is 23.8. The fourth-order valence-electron chi connectivity index (χ4n) is 2.02. The number of benzene rings is 2. The molecule has 6 nitrogen and oxygen atoms in total. The van der Waals surface area contributed by atoms with Crippen molar-refractivity contribution in [3.63, 3.8) is 0 Å². The Morgan fingerprint density at radius 2 is 1.76 bits per heavy atom. The first-order valence-corrected chi connectivity index (χ1v) is 7.87. The van der Waals surface area contributed by atoms with E-state index >= 15 is 0 Å². The van der Waals surface area contributed by atoms with Gasteiger partial charge in [-0.1, -0.05) is 28.1 Å². The van der Waals surface area contributed by atoms with Crippen LogP contribution in [0.3, 0.4) is 0 Å². The standard InChI is InChI=1S/C16H14BrF2N3O3/c17-10-3-1-9(2-4-10)15(16(24)22-25)21-14(23)8-20-11-5-6-12(18)13(19)7-11/h1-7,15,20,25H,8H2,(H,21,23)(H,22,24). The van der Waals surface area contributed by atoms with Gasteiger partial charge in [0.1, 0.15) is 6.04 Å². The van der Waals surface area contributed by atoms with Crippen molar-refractivity contribution >= 4 is 33.4 Å². The van der Waals surface area contributed by atoms with Gasteiger partial charge in [0.15, 0.2) is 11.6 Å². The largest absolute Gasteiger partial charge is 0.376 e. The molecule has 25 heavy (non-hydrogen) atoms. The molecule has 2 aromatic carbocycles. The van der Waals surface area contributed by atoms with E-state index in [1.807, 2.05) is 0 Å². The molecule has 2 aromatic rings. The normalized spacial score (nSPS) is 11.5. The maximum Gasteiger partial charge on any atom is 0.270 e. The lowest BCUT2D eigenvalue weighted by atomic mass is 10.1. The molecule has 0 fully saturated rings. The summed E-state index contributed by atoms with van der Waals surface area (Å²) in [5, 5.41) is 13.9. The van der Waals surface area contributed by atoms with E-state index in [1.165, 1.54) is 11.5 Å². The molecule has 0 heterocycles. The molecular weight excluding hydrogens is 400 g/mol. The van der Waals surface area contributed by atoms with Crippen LogP contribution >= 0.6 is 15.9 Å². The Hall–Kier alpha value is -2.52. The molecule has 9 heteroatoms. The molecule has 0 bridgehead atoms. The van der Waals surface area contributed by atoms with Crippen LogP contribution in [-0.2, 0) is 9.59 Å². The summed E-state index contributed by atoms with van der Waals surface area (Å²) < 4.78 is 26.8. The van der Waals surface area contributed by atoms with Crippen LogP contribution in [-0.4, -0.2) is 23.6 Å². The van der Waals surface area contributed by atoms with Gasteiger partial charge in [0.05, 0.1) is 6.54 Å². The fourth-order valence-corrected chi connectivity index (χ4v) is 2.28. The molecule has 0 saturated heterocycles. The van der Waals surface area contributed by atoms with E-state index < -0.39 is 29.5 Å². The highest BCUT2D eigenvalue weighted by Crippen LogP contribution is 2.17. The molecule has 0 aliphatic heterocycles. The lowest BCUT2D eigenvalue weighted by Gasteiger charge is -2.17. The first-order valence-electron chi connectivity index (χ1n) is 7.08. The first-order chi connectivity index (χ1) is 11.9. The molecule has 132 valence electrons. The molecule has 0 aliphatic rings. The van der Waals surface area contributed by atoms with Crippen LogP contribution in [0.1, 0.15) is 11.6 Å². The lowest BCUT2D eigenvalue weighted by molar-refractivity contribution is -0.134. The second-order valence-corrected chi connectivity index (χ2v) is 5.93. The molecule has 2 rings (SSSR count). The molecule has 0 spiro atoms. The Balaban J connectivity index is 2.02. The number of hydrogen-bond donors (Lipinski definition) is 4. The van der Waals surface area contributed by atoms with Gasteiger partial charge in [0, 0.05) is 16.2 Å². The number of hydroxylamine groups is 1. The molecule has 1 unspecified atom stereocenters. The lowest BCUT2D eigenvalue weighted by Crippen LogP contribution is -2.41. The second kappa shape index (κ2) is 8.54. The highest BCUT2D eigenvalue weighted by Gasteiger charge is 2.22. The van der Waals surface area contributed by atoms with Gasteiger partial charge in [-0.2, -0.15) is 0 Å². The number of carbonyl (C=O) groups is 2. The Bertz CT molecular complexity index is 772. The van der Waals surface area contributed by atoms with Gasteiger partial charge < -0.3 is 10.6 Å². The van der Waals surface area contributed by atoms with Crippen LogP contribution in [0.15, 0.2) is 46.9 Å². The molecule has 0 aromatic heterocycles. The minimum atomic E-state index is -1.11. The quantitative estimate of drug-likeness (QED) is 0.432. The van der Waals surface area contributed by atoms with Crippen molar-refractivity contribution < 1.29 is 23.6 Å². The van der Waals surface area contributed by atoms with Gasteiger partial charge in [0.25, 0.3) is 5.91 Å². The number of anilines is 1. The van der Waals surface area contributed by atoms with Gasteiger partial charge in [0.2, 0.25) is 5.91 Å². The monoisotopic (exact) mass is 413 g/mol. The molecule has 1 atom stereocenters. The minimum Gasteiger partial charge on any atom is -0.376 e. The van der Waals surface area contributed by atoms with Gasteiger partial charge in [-0.05, 0) is 29.8 Å². The first kappa shape index (κ1) is 18.8. The molecule has 0 aliphatic carbocycles. The van der Waals surface area contributed by atoms with E-state index in [9.17, 15) is 18.4 Å². The third kappa shape index (κ3) is 5.23. The van der Waals surface area contributed by atoms with Crippen molar-refractivity contribution in [3.05, 3.63) is 64.1 Å². The summed E-state index contributed by atoms with van der Waals surface area (Å²) in [6.45, 7) is -0.281. The van der Waals surface area contributed by atoms with E-state index in [0.29, 0.717) is 5.56 Å². The summed E-state index contributed by atoms with van der Waals surface area (Å²) in [7, 11) is 0. The van der Waals surface area contributed by atoms with E-state index in [1.54, 1.807) is 24.3 Å². The fraction of sp³-hybridized carbons (Fsp3) is 0.125. The number of halogens is 3. The summed E-state index contributed by atoms with van der Waals surface area (Å²) in [5.74, 6) is -3.44. The van der Waals surface area contributed by atoms with E-state index in [0.717, 1.165) is 16.6 Å². The molecule has 2 amide bonds. The summed E-state index contributed by atoms with van der Waals surface area (Å²) >= 11 is 3.26. The zero-order chi connectivity index (χ0) is 18.4. The highest BCUT2D eigenvalue weighted by atomic mass is 79.9. The van der Waals surface area contributed by atoms with Crippen LogP contribution in [0.2, 0.25) is 0 Å². The zero-order valence-corrected chi connectivity index (χ0v) is 14.3. The SMILES string of the molecule is O=C(CNc1ccc(F)c(F)c1)NC(C(=O)NO)c1ccc(Br)cc1. The number of nitrogens with one attached hydrogen (secondary N) is 3. The topological polar surface area (TPSA) is 90.5 Å². The summed E-state index contributed by atoms with van der Waals surface area (Å²) in [6.07, 6.45) is 0. The molecule has 0 saturated carbocycles. The van der Waals surface area contributed by atoms with Crippen molar-refractivity contribution in [1.29, 1.82) is 0 Å². The number of hydrogen-bond acceptors (Lipinski definition) is 4. The Kier molecular flexibility index (Phi) is 6.43. The van der Waals surface area contributed by atoms with Crippen molar-refractivity contribution in [2.75, 3.05) is 11.9 Å². The Labute approximate surface area is 150 Å². The molecular formula is C16H14BrF2N3O3. The smallest absolute Gasteiger partial charge is 0.270 e. The maximum absolute atomic E-state index is 13.1. The molecule has 4 N–H and O–H groups in total. The second-order valence-electron chi connectivity index (χ2n) is 5.01. The third-order valence-electron chi connectivity index (χ3n) is 3.25. The van der Waals surface area contributed by atoms with Gasteiger partial charge in [-0.3, -0.25) is 14.8 Å². The Morgan fingerprint density at radius 3 is 2.36 bits per heavy atom. The summed E-state index contributed by atoms with van der Waals surface area (Å²) in [6, 6.07) is 8.57.